The fourth-order valence-corrected chi connectivity index (χ4v) is 6.26. The monoisotopic (exact) mass is 513 g/mol. The van der Waals surface area contributed by atoms with Crippen molar-refractivity contribution >= 4 is 71.6 Å². The Morgan fingerprint density at radius 3 is 1.62 bits per heavy atom. The number of quaternary nitrogens is 1. The molecule has 0 aliphatic heterocycles. The Morgan fingerprint density at radius 2 is 1.00 bits per heavy atom. The molecule has 0 radical (unpaired) electrons. The van der Waals surface area contributed by atoms with Gasteiger partial charge >= 0.3 is 0 Å². The Hall–Kier alpha value is -5.32. The van der Waals surface area contributed by atoms with E-state index in [1.165, 1.54) is 38.5 Å². The third-order valence-corrected chi connectivity index (χ3v) is 8.07. The second-order valence-electron chi connectivity index (χ2n) is 10.2. The van der Waals surface area contributed by atoms with E-state index < -0.39 is 0 Å². The molecule has 1 aromatic heterocycles. The summed E-state index contributed by atoms with van der Waals surface area (Å²) in [6, 6.07) is 42.6. The molecule has 0 aliphatic rings. The highest BCUT2D eigenvalue weighted by molar-refractivity contribution is 6.24. The number of hydrogen-bond donors (Lipinski definition) is 2. The highest BCUT2D eigenvalue weighted by atomic mass is 15.3. The molecule has 8 aromatic rings. The van der Waals surface area contributed by atoms with Crippen LogP contribution in [0.5, 0.6) is 0 Å². The van der Waals surface area contributed by atoms with Gasteiger partial charge in [-0.2, -0.15) is 5.10 Å². The Labute approximate surface area is 230 Å². The molecule has 4 nitrogen and oxygen atoms in total. The lowest BCUT2D eigenvalue weighted by molar-refractivity contribution is -0.476. The molecule has 0 aliphatic carbocycles. The van der Waals surface area contributed by atoms with Gasteiger partial charge in [-0.15, -0.1) is 0 Å². The summed E-state index contributed by atoms with van der Waals surface area (Å²) >= 11 is 0. The van der Waals surface area contributed by atoms with Crippen molar-refractivity contribution in [2.24, 2.45) is 0 Å². The van der Waals surface area contributed by atoms with E-state index in [1.54, 1.807) is 0 Å². The van der Waals surface area contributed by atoms with Crippen molar-refractivity contribution in [2.45, 2.75) is 0 Å². The predicted octanol–water partition coefficient (Wildman–Crippen LogP) is 8.16. The molecule has 8 rings (SSSR count). The zero-order valence-electron chi connectivity index (χ0n) is 21.7. The number of fused-ring (bicyclic) bond motifs is 9. The number of nitrogens with zero attached hydrogens (tertiary/aromatic N) is 2. The van der Waals surface area contributed by atoms with Crippen molar-refractivity contribution < 1.29 is 5.32 Å². The highest BCUT2D eigenvalue weighted by Gasteiger charge is 2.18. The van der Waals surface area contributed by atoms with Crippen LogP contribution in [0.2, 0.25) is 0 Å². The summed E-state index contributed by atoms with van der Waals surface area (Å²) in [7, 11) is 0. The quantitative estimate of drug-likeness (QED) is 0.139. The molecule has 0 fully saturated rings. The summed E-state index contributed by atoms with van der Waals surface area (Å²) < 4.78 is 2.06. The van der Waals surface area contributed by atoms with Crippen molar-refractivity contribution in [3.05, 3.63) is 133 Å². The lowest BCUT2D eigenvalue weighted by Crippen LogP contribution is -2.71. The average Bonchev–Trinajstić information content (AvgIpc) is 3.48. The summed E-state index contributed by atoms with van der Waals surface area (Å²) in [5.74, 6) is 0. The van der Waals surface area contributed by atoms with Crippen molar-refractivity contribution in [1.82, 2.24) is 9.78 Å². The summed E-state index contributed by atoms with van der Waals surface area (Å²) in [6.45, 7) is 0. The number of nitrogens with two attached hydrogens (primary N) is 1. The molecule has 40 heavy (non-hydrogen) atoms. The molecule has 0 amide bonds. The molecule has 0 atom stereocenters. The van der Waals surface area contributed by atoms with Crippen LogP contribution in [0.15, 0.2) is 128 Å². The topological polar surface area (TPSA) is 58.3 Å². The number of benzene rings is 7. The van der Waals surface area contributed by atoms with Gasteiger partial charge in [0.2, 0.25) is 0 Å². The van der Waals surface area contributed by atoms with Crippen LogP contribution in [0.4, 0.5) is 11.4 Å². The first kappa shape index (κ1) is 22.6. The smallest absolute Gasteiger partial charge is 0.152 e. The van der Waals surface area contributed by atoms with Crippen molar-refractivity contribution in [2.75, 3.05) is 0 Å². The summed E-state index contributed by atoms with van der Waals surface area (Å²) in [6.07, 6.45) is 3.47. The zero-order chi connectivity index (χ0) is 26.6. The van der Waals surface area contributed by atoms with Crippen LogP contribution in [0.25, 0.3) is 59.7 Å². The number of hydrogen-bond acceptors (Lipinski definition) is 2. The Morgan fingerprint density at radius 1 is 0.525 bits per heavy atom. The van der Waals surface area contributed by atoms with Crippen LogP contribution in [0, 0.1) is 5.41 Å². The van der Waals surface area contributed by atoms with E-state index >= 15 is 0 Å². The molecule has 3 N–H and O–H groups in total. The van der Waals surface area contributed by atoms with E-state index in [9.17, 15) is 0 Å². The summed E-state index contributed by atoms with van der Waals surface area (Å²) in [5.41, 5.74) is 5.23. The lowest BCUT2D eigenvalue weighted by Gasteiger charge is -2.13. The Bertz CT molecular complexity index is 2260. The fourth-order valence-electron chi connectivity index (χ4n) is 6.26. The molecule has 0 unspecified atom stereocenters. The Balaban J connectivity index is 1.27. The van der Waals surface area contributed by atoms with E-state index in [0.29, 0.717) is 0 Å². The molecular formula is C36H25N4+. The maximum absolute atomic E-state index is 8.28. The minimum atomic E-state index is 0.940. The molecule has 188 valence electrons. The summed E-state index contributed by atoms with van der Waals surface area (Å²) in [4.78, 5) is 0. The molecule has 7 aromatic carbocycles. The molecule has 0 spiro atoms. The molecule has 4 heteroatoms. The maximum Gasteiger partial charge on any atom is 0.152 e. The van der Waals surface area contributed by atoms with Crippen LogP contribution in [0.1, 0.15) is 5.56 Å². The highest BCUT2D eigenvalue weighted by Crippen LogP contribution is 2.36. The summed E-state index contributed by atoms with van der Waals surface area (Å²) in [5, 5.41) is 26.0. The van der Waals surface area contributed by atoms with Gasteiger partial charge < -0.3 is 5.41 Å². The number of rotatable bonds is 4. The molecule has 0 saturated heterocycles. The molecule has 0 bridgehead atoms. The normalized spacial score (nSPS) is 11.7. The van der Waals surface area contributed by atoms with Gasteiger partial charge in [0.05, 0.1) is 23.0 Å². The average molecular weight is 514 g/mol. The third-order valence-electron chi connectivity index (χ3n) is 8.07. The SMILES string of the molecule is N=Cc1c([NH2+]c2ccc(-n3ncc4c5ccccc5c5ccccc5c43)cc2)c2ccccc2c2ccccc12. The van der Waals surface area contributed by atoms with Gasteiger partial charge in [0, 0.05) is 34.5 Å². The first-order valence-electron chi connectivity index (χ1n) is 13.5. The number of nitrogens with one attached hydrogen (secondary N) is 1. The zero-order valence-corrected chi connectivity index (χ0v) is 21.7. The van der Waals surface area contributed by atoms with Crippen LogP contribution in [-0.2, 0) is 0 Å². The fraction of sp³-hybridized carbons (Fsp3) is 0. The second-order valence-corrected chi connectivity index (χ2v) is 10.2. The van der Waals surface area contributed by atoms with E-state index in [4.69, 9.17) is 10.5 Å². The second kappa shape index (κ2) is 8.87. The van der Waals surface area contributed by atoms with Crippen LogP contribution < -0.4 is 5.32 Å². The largest absolute Gasteiger partial charge is 0.308 e. The van der Waals surface area contributed by atoms with Gasteiger partial charge in [-0.25, -0.2) is 4.68 Å². The third kappa shape index (κ3) is 3.30. The van der Waals surface area contributed by atoms with Gasteiger partial charge in [-0.1, -0.05) is 91.0 Å². The van der Waals surface area contributed by atoms with E-state index in [1.807, 2.05) is 12.3 Å². The van der Waals surface area contributed by atoms with Gasteiger partial charge in [-0.3, -0.25) is 5.32 Å². The van der Waals surface area contributed by atoms with Gasteiger partial charge in [0.25, 0.3) is 0 Å². The number of aromatic nitrogens is 2. The van der Waals surface area contributed by atoms with Crippen LogP contribution in [-0.4, -0.2) is 16.0 Å². The standard InChI is InChI=1S/C36H24N4/c37-21-33-29-13-3-1-9-25(29)27-11-5-7-15-31(27)35(33)39-23-17-19-24(20-18-23)40-36-32-16-8-6-12-28(32)26-10-2-4-14-30(26)34(36)22-38-40/h1-22,37,39H/p+1. The lowest BCUT2D eigenvalue weighted by atomic mass is 9.95. The minimum absolute atomic E-state index is 0.940. The Kier molecular flexibility index (Phi) is 5.02. The van der Waals surface area contributed by atoms with Crippen LogP contribution >= 0.6 is 0 Å². The van der Waals surface area contributed by atoms with E-state index in [-0.39, 0.29) is 0 Å². The van der Waals surface area contributed by atoms with Gasteiger partial charge in [0.15, 0.2) is 5.69 Å². The van der Waals surface area contributed by atoms with Crippen molar-refractivity contribution in [1.29, 1.82) is 5.41 Å². The maximum atomic E-state index is 8.28. The van der Waals surface area contributed by atoms with Gasteiger partial charge in [0.1, 0.15) is 5.69 Å². The van der Waals surface area contributed by atoms with E-state index in [0.717, 1.165) is 44.3 Å². The first-order valence-corrected chi connectivity index (χ1v) is 13.5. The molecule has 0 saturated carbocycles. The first-order chi connectivity index (χ1) is 19.8. The van der Waals surface area contributed by atoms with Crippen molar-refractivity contribution in [3.63, 3.8) is 0 Å². The molecular weight excluding hydrogens is 488 g/mol. The molecule has 1 heterocycles. The predicted molar refractivity (Wildman–Crippen MR) is 167 cm³/mol. The van der Waals surface area contributed by atoms with E-state index in [2.05, 4.69) is 125 Å². The van der Waals surface area contributed by atoms with Crippen LogP contribution in [0.3, 0.4) is 0 Å². The minimum Gasteiger partial charge on any atom is -0.308 e. The van der Waals surface area contributed by atoms with Gasteiger partial charge in [-0.05, 0) is 50.5 Å². The van der Waals surface area contributed by atoms with Crippen molar-refractivity contribution in [3.8, 4) is 5.69 Å².